The van der Waals surface area contributed by atoms with Gasteiger partial charge in [0.25, 0.3) is 0 Å². The Hall–Kier alpha value is -2.07. The van der Waals surface area contributed by atoms with Gasteiger partial charge in [0, 0.05) is 22.3 Å². The van der Waals surface area contributed by atoms with Crippen molar-refractivity contribution in [2.24, 2.45) is 0 Å². The Bertz CT molecular complexity index is 781. The van der Waals surface area contributed by atoms with Crippen LogP contribution in [-0.2, 0) is 0 Å². The fourth-order valence-corrected chi connectivity index (χ4v) is 2.74. The third kappa shape index (κ3) is 1.91. The average molecular weight is 262 g/mol. The Kier molecular flexibility index (Phi) is 1.94. The summed E-state index contributed by atoms with van der Waals surface area (Å²) in [5.74, 6) is 0.218. The van der Waals surface area contributed by atoms with Crippen LogP contribution in [0.25, 0.3) is 20.8 Å². The predicted octanol–water partition coefficient (Wildman–Crippen LogP) is 3.71. The summed E-state index contributed by atoms with van der Waals surface area (Å²) in [7, 11) is 0. The molecule has 3 aromatic rings. The number of anilines is 1. The fourth-order valence-electron chi connectivity index (χ4n) is 1.73. The van der Waals surface area contributed by atoms with Gasteiger partial charge in [-0.05, 0) is 42.5 Å². The van der Waals surface area contributed by atoms with Crippen LogP contribution in [0, 0.1) is 0 Å². The highest BCUT2D eigenvalue weighted by atomic mass is 32.1. The number of thiazole rings is 1. The van der Waals surface area contributed by atoms with Crippen LogP contribution >= 0.6 is 11.3 Å². The van der Waals surface area contributed by atoms with Crippen LogP contribution in [0.1, 0.15) is 4.11 Å². The first-order valence-corrected chi connectivity index (χ1v) is 6.20. The molecule has 0 aliphatic carbocycles. The maximum Gasteiger partial charge on any atom is 0.124 e. The van der Waals surface area contributed by atoms with E-state index in [1.807, 2.05) is 12.1 Å². The number of aromatic nitrogens is 1. The van der Waals surface area contributed by atoms with Gasteiger partial charge in [-0.2, -0.15) is 0 Å². The van der Waals surface area contributed by atoms with Crippen molar-refractivity contribution in [2.75, 3.05) is 12.3 Å². The van der Waals surface area contributed by atoms with Gasteiger partial charge in [0.05, 0.1) is 10.2 Å². The molecular formula is C14H12N2OS. The van der Waals surface area contributed by atoms with Gasteiger partial charge in [0.1, 0.15) is 10.8 Å². The van der Waals surface area contributed by atoms with Gasteiger partial charge in [-0.1, -0.05) is 0 Å². The van der Waals surface area contributed by atoms with E-state index in [9.17, 15) is 5.11 Å². The summed E-state index contributed by atoms with van der Waals surface area (Å²) in [6.07, 6.45) is 0. The van der Waals surface area contributed by atoms with E-state index >= 15 is 0 Å². The second kappa shape index (κ2) is 4.31. The molecule has 0 aliphatic heterocycles. The van der Waals surface area contributed by atoms with E-state index < -0.39 is 6.98 Å². The van der Waals surface area contributed by atoms with Gasteiger partial charge in [-0.3, -0.25) is 0 Å². The molecule has 2 N–H and O–H groups in total. The van der Waals surface area contributed by atoms with Gasteiger partial charge in [-0.15, -0.1) is 11.3 Å². The third-order valence-corrected chi connectivity index (χ3v) is 3.72. The van der Waals surface area contributed by atoms with E-state index in [1.165, 1.54) is 11.3 Å². The van der Waals surface area contributed by atoms with Crippen LogP contribution in [0.2, 0.25) is 0 Å². The summed E-state index contributed by atoms with van der Waals surface area (Å²) >= 11 is 1.48. The molecule has 0 bridgehead atoms. The molecular weight excluding hydrogens is 244 g/mol. The van der Waals surface area contributed by atoms with Crippen LogP contribution in [-0.4, -0.2) is 17.1 Å². The summed E-state index contributed by atoms with van der Waals surface area (Å²) in [5.41, 5.74) is 2.28. The lowest BCUT2D eigenvalue weighted by molar-refractivity contribution is 0.476. The zero-order valence-electron chi connectivity index (χ0n) is 12.3. The molecule has 0 saturated heterocycles. The summed E-state index contributed by atoms with van der Waals surface area (Å²) in [6, 6.07) is 12.1. The molecule has 4 heteroatoms. The van der Waals surface area contributed by atoms with Crippen molar-refractivity contribution in [3.63, 3.8) is 0 Å². The van der Waals surface area contributed by atoms with Crippen LogP contribution in [0.5, 0.6) is 5.75 Å². The van der Waals surface area contributed by atoms with Gasteiger partial charge in [0.15, 0.2) is 0 Å². The fraction of sp³-hybridized carbons (Fsp3) is 0.0714. The van der Waals surface area contributed by atoms with Crippen molar-refractivity contribution >= 4 is 27.2 Å². The molecule has 0 atom stereocenters. The molecule has 0 unspecified atom stereocenters. The molecule has 90 valence electrons. The minimum absolute atomic E-state index is 0.218. The molecule has 0 aliphatic rings. The SMILES string of the molecule is [3H]C([3H])([3H])Nc1ccc(-c2nc3ccc(O)cc3s2)cc1. The van der Waals surface area contributed by atoms with Crippen molar-refractivity contribution in [1.29, 1.82) is 0 Å². The van der Waals surface area contributed by atoms with Crippen molar-refractivity contribution in [2.45, 2.75) is 0 Å². The number of fused-ring (bicyclic) bond motifs is 1. The third-order valence-electron chi connectivity index (χ3n) is 2.65. The number of nitrogens with zero attached hydrogens (tertiary/aromatic N) is 1. The number of phenols is 1. The van der Waals surface area contributed by atoms with E-state index in [0.29, 0.717) is 5.69 Å². The van der Waals surface area contributed by atoms with Crippen LogP contribution in [0.3, 0.4) is 0 Å². The minimum Gasteiger partial charge on any atom is -0.508 e. The highest BCUT2D eigenvalue weighted by Crippen LogP contribution is 2.32. The van der Waals surface area contributed by atoms with Crippen LogP contribution in [0.15, 0.2) is 42.5 Å². The van der Waals surface area contributed by atoms with Crippen molar-refractivity contribution in [3.05, 3.63) is 42.5 Å². The largest absolute Gasteiger partial charge is 0.508 e. The standard InChI is InChI=1S/C14H12N2OS/c1-15-10-4-2-9(3-5-10)14-16-12-7-6-11(17)8-13(12)18-14/h2-8,15,17H,1H3/i1T3. The molecule has 0 saturated carbocycles. The van der Waals surface area contributed by atoms with Gasteiger partial charge in [-0.25, -0.2) is 4.98 Å². The van der Waals surface area contributed by atoms with Gasteiger partial charge < -0.3 is 10.4 Å². The monoisotopic (exact) mass is 262 g/mol. The molecule has 1 heterocycles. The number of benzene rings is 2. The topological polar surface area (TPSA) is 45.2 Å². The first kappa shape index (κ1) is 8.11. The summed E-state index contributed by atoms with van der Waals surface area (Å²) < 4.78 is 22.4. The molecule has 1 aromatic heterocycles. The lowest BCUT2D eigenvalue weighted by atomic mass is 10.2. The highest BCUT2D eigenvalue weighted by Gasteiger charge is 2.06. The Morgan fingerprint density at radius 3 is 2.83 bits per heavy atom. The van der Waals surface area contributed by atoms with E-state index in [1.54, 1.807) is 30.3 Å². The first-order chi connectivity index (χ1) is 9.90. The predicted molar refractivity (Wildman–Crippen MR) is 76.3 cm³/mol. The highest BCUT2D eigenvalue weighted by molar-refractivity contribution is 7.21. The number of nitrogens with one attached hydrogen (secondary N) is 1. The number of phenolic OH excluding ortho intramolecular Hbond substituents is 1. The Balaban J connectivity index is 1.91. The van der Waals surface area contributed by atoms with E-state index in [4.69, 9.17) is 4.11 Å². The molecule has 3 nitrogen and oxygen atoms in total. The van der Waals surface area contributed by atoms with Crippen molar-refractivity contribution in [1.82, 2.24) is 4.98 Å². The zero-order valence-corrected chi connectivity index (χ0v) is 10.2. The Labute approximate surface area is 113 Å². The maximum atomic E-state index is 9.47. The Morgan fingerprint density at radius 2 is 2.06 bits per heavy atom. The molecule has 0 spiro atoms. The lowest BCUT2D eigenvalue weighted by Gasteiger charge is -2.00. The second-order valence-electron chi connectivity index (χ2n) is 3.87. The molecule has 18 heavy (non-hydrogen) atoms. The Morgan fingerprint density at radius 1 is 1.22 bits per heavy atom. The number of hydrogen-bond acceptors (Lipinski definition) is 4. The van der Waals surface area contributed by atoms with Crippen LogP contribution < -0.4 is 5.32 Å². The smallest absolute Gasteiger partial charge is 0.124 e. The van der Waals surface area contributed by atoms with Gasteiger partial charge >= 0.3 is 0 Å². The number of aromatic hydroxyl groups is 1. The summed E-state index contributed by atoms with van der Waals surface area (Å²) in [4.78, 5) is 4.50. The normalized spacial score (nSPS) is 13.9. The van der Waals surface area contributed by atoms with E-state index in [-0.39, 0.29) is 5.75 Å². The molecule has 3 rings (SSSR count). The van der Waals surface area contributed by atoms with E-state index in [0.717, 1.165) is 20.8 Å². The second-order valence-corrected chi connectivity index (χ2v) is 4.90. The maximum absolute atomic E-state index is 9.47. The van der Waals surface area contributed by atoms with E-state index in [2.05, 4.69) is 10.3 Å². The molecule has 2 aromatic carbocycles. The lowest BCUT2D eigenvalue weighted by Crippen LogP contribution is -1.86. The number of hydrogen-bond donors (Lipinski definition) is 2. The summed E-state index contributed by atoms with van der Waals surface area (Å²) in [6.45, 7) is -2.20. The number of rotatable bonds is 2. The van der Waals surface area contributed by atoms with Crippen molar-refractivity contribution in [3.8, 4) is 16.3 Å². The summed E-state index contributed by atoms with van der Waals surface area (Å²) in [5, 5.41) is 12.7. The minimum atomic E-state index is -2.20. The first-order valence-electron chi connectivity index (χ1n) is 6.89. The molecule has 0 fully saturated rings. The van der Waals surface area contributed by atoms with Crippen LogP contribution in [0.4, 0.5) is 5.69 Å². The quantitative estimate of drug-likeness (QED) is 0.740. The molecule has 0 radical (unpaired) electrons. The zero-order chi connectivity index (χ0) is 15.0. The van der Waals surface area contributed by atoms with Gasteiger partial charge in [0.2, 0.25) is 0 Å². The molecule has 0 amide bonds. The average Bonchev–Trinajstić information content (AvgIpc) is 2.80. The van der Waals surface area contributed by atoms with Crippen molar-refractivity contribution < 1.29 is 9.22 Å².